The second-order valence-corrected chi connectivity index (χ2v) is 5.22. The van der Waals surface area contributed by atoms with Gasteiger partial charge in [-0.2, -0.15) is 0 Å². The van der Waals surface area contributed by atoms with E-state index < -0.39 is 0 Å². The molecule has 0 bridgehead atoms. The van der Waals surface area contributed by atoms with E-state index in [0.29, 0.717) is 6.54 Å². The number of hydrogen-bond donors (Lipinski definition) is 5. The van der Waals surface area contributed by atoms with E-state index in [1.54, 1.807) is 0 Å². The Bertz CT molecular complexity index is 155. The van der Waals surface area contributed by atoms with Crippen molar-refractivity contribution in [3.63, 3.8) is 0 Å². The molecule has 0 atom stereocenters. The molecule has 5 heteroatoms. The molecule has 0 aromatic heterocycles. The van der Waals surface area contributed by atoms with Gasteiger partial charge >= 0.3 is 0 Å². The molecule has 17 heavy (non-hydrogen) atoms. The van der Waals surface area contributed by atoms with Crippen molar-refractivity contribution in [2.45, 2.75) is 26.3 Å². The zero-order valence-corrected chi connectivity index (χ0v) is 11.7. The van der Waals surface area contributed by atoms with Crippen LogP contribution in [0.25, 0.3) is 0 Å². The highest BCUT2D eigenvalue weighted by Gasteiger charge is 2.06. The summed E-state index contributed by atoms with van der Waals surface area (Å²) < 4.78 is 0. The maximum atomic E-state index is 5.37. The minimum atomic E-state index is 0.217. The molecule has 104 valence electrons. The minimum Gasteiger partial charge on any atom is -0.329 e. The monoisotopic (exact) mass is 245 g/mol. The van der Waals surface area contributed by atoms with Gasteiger partial charge in [-0.3, -0.25) is 0 Å². The van der Waals surface area contributed by atoms with E-state index in [2.05, 4.69) is 42.0 Å². The zero-order chi connectivity index (χ0) is 13.0. The summed E-state index contributed by atoms with van der Waals surface area (Å²) in [6, 6.07) is 0. The average Bonchev–Trinajstić information content (AvgIpc) is 2.24. The van der Waals surface area contributed by atoms with Gasteiger partial charge in [0.2, 0.25) is 0 Å². The molecule has 6 N–H and O–H groups in total. The summed E-state index contributed by atoms with van der Waals surface area (Å²) in [5.41, 5.74) is 5.59. The first kappa shape index (κ1) is 16.8. The standard InChI is InChI=1S/C12H31N5/c1-12(2,3)17-11-10-16-9-8-15-7-6-14-5-4-13/h14-17H,4-11,13H2,1-3H3. The summed E-state index contributed by atoms with van der Waals surface area (Å²) in [4.78, 5) is 0. The summed E-state index contributed by atoms with van der Waals surface area (Å²) in [5, 5.41) is 13.4. The molecule has 0 saturated heterocycles. The molecular weight excluding hydrogens is 214 g/mol. The molecule has 0 aliphatic heterocycles. The molecule has 0 fully saturated rings. The Morgan fingerprint density at radius 1 is 0.706 bits per heavy atom. The molecule has 0 aromatic rings. The van der Waals surface area contributed by atoms with Crippen LogP contribution in [0.15, 0.2) is 0 Å². The predicted molar refractivity (Wildman–Crippen MR) is 75.4 cm³/mol. The van der Waals surface area contributed by atoms with Gasteiger partial charge in [0.1, 0.15) is 0 Å². The highest BCUT2D eigenvalue weighted by atomic mass is 15.0. The van der Waals surface area contributed by atoms with Crippen molar-refractivity contribution in [2.75, 3.05) is 52.4 Å². The quantitative estimate of drug-likeness (QED) is 0.305. The first-order valence-electron chi connectivity index (χ1n) is 6.63. The zero-order valence-electron chi connectivity index (χ0n) is 11.7. The Hall–Kier alpha value is -0.200. The lowest BCUT2D eigenvalue weighted by molar-refractivity contribution is 0.421. The van der Waals surface area contributed by atoms with Gasteiger partial charge in [-0.1, -0.05) is 0 Å². The van der Waals surface area contributed by atoms with Gasteiger partial charge in [-0.05, 0) is 20.8 Å². The van der Waals surface area contributed by atoms with Crippen molar-refractivity contribution in [1.82, 2.24) is 21.3 Å². The lowest BCUT2D eigenvalue weighted by Crippen LogP contribution is -2.41. The van der Waals surface area contributed by atoms with Crippen molar-refractivity contribution in [3.05, 3.63) is 0 Å². The molecule has 0 rings (SSSR count). The Labute approximate surface area is 106 Å². The van der Waals surface area contributed by atoms with Crippen molar-refractivity contribution in [1.29, 1.82) is 0 Å². The molecule has 0 unspecified atom stereocenters. The molecule has 0 aliphatic rings. The van der Waals surface area contributed by atoms with Crippen molar-refractivity contribution >= 4 is 0 Å². The molecule has 5 nitrogen and oxygen atoms in total. The van der Waals surface area contributed by atoms with Crippen molar-refractivity contribution in [2.24, 2.45) is 5.73 Å². The van der Waals surface area contributed by atoms with Crippen LogP contribution in [0.2, 0.25) is 0 Å². The van der Waals surface area contributed by atoms with Crippen LogP contribution in [-0.2, 0) is 0 Å². The third-order valence-corrected chi connectivity index (χ3v) is 2.24. The second-order valence-electron chi connectivity index (χ2n) is 5.22. The first-order chi connectivity index (χ1) is 8.06. The Kier molecular flexibility index (Phi) is 10.8. The molecule has 0 aromatic carbocycles. The topological polar surface area (TPSA) is 74.1 Å². The molecular formula is C12H31N5. The first-order valence-corrected chi connectivity index (χ1v) is 6.63. The highest BCUT2D eigenvalue weighted by Crippen LogP contribution is 1.95. The van der Waals surface area contributed by atoms with Crippen LogP contribution >= 0.6 is 0 Å². The highest BCUT2D eigenvalue weighted by molar-refractivity contribution is 4.70. The van der Waals surface area contributed by atoms with E-state index in [-0.39, 0.29) is 5.54 Å². The van der Waals surface area contributed by atoms with Crippen molar-refractivity contribution in [3.8, 4) is 0 Å². The molecule has 0 radical (unpaired) electrons. The normalized spacial score (nSPS) is 12.0. The maximum Gasteiger partial charge on any atom is 0.00970 e. The smallest absolute Gasteiger partial charge is 0.00970 e. The van der Waals surface area contributed by atoms with E-state index in [1.807, 2.05) is 0 Å². The SMILES string of the molecule is CC(C)(C)NCCNCCNCCNCCN. The fraction of sp³-hybridized carbons (Fsp3) is 1.00. The number of nitrogens with two attached hydrogens (primary N) is 1. The van der Waals surface area contributed by atoms with E-state index >= 15 is 0 Å². The van der Waals surface area contributed by atoms with E-state index in [0.717, 1.165) is 45.8 Å². The lowest BCUT2D eigenvalue weighted by Gasteiger charge is -2.20. The van der Waals surface area contributed by atoms with Crippen LogP contribution in [0.5, 0.6) is 0 Å². The Morgan fingerprint density at radius 3 is 1.53 bits per heavy atom. The van der Waals surface area contributed by atoms with Crippen LogP contribution < -0.4 is 27.0 Å². The summed E-state index contributed by atoms with van der Waals surface area (Å²) in [6.45, 7) is 14.2. The van der Waals surface area contributed by atoms with Gasteiger partial charge in [0.05, 0.1) is 0 Å². The number of nitrogens with one attached hydrogen (secondary N) is 4. The van der Waals surface area contributed by atoms with Crippen LogP contribution in [0.3, 0.4) is 0 Å². The van der Waals surface area contributed by atoms with Crippen LogP contribution in [0, 0.1) is 0 Å². The van der Waals surface area contributed by atoms with Gasteiger partial charge in [0, 0.05) is 57.9 Å². The van der Waals surface area contributed by atoms with E-state index in [1.165, 1.54) is 0 Å². The molecule has 0 heterocycles. The summed E-state index contributed by atoms with van der Waals surface area (Å²) >= 11 is 0. The maximum absolute atomic E-state index is 5.37. The summed E-state index contributed by atoms with van der Waals surface area (Å²) in [6.07, 6.45) is 0. The molecule has 0 saturated carbocycles. The van der Waals surface area contributed by atoms with Gasteiger partial charge in [-0.25, -0.2) is 0 Å². The minimum absolute atomic E-state index is 0.217. The summed E-state index contributed by atoms with van der Waals surface area (Å²) in [5.74, 6) is 0. The average molecular weight is 245 g/mol. The van der Waals surface area contributed by atoms with Gasteiger partial charge in [-0.15, -0.1) is 0 Å². The second kappa shape index (κ2) is 10.9. The Balaban J connectivity index is 2.99. The van der Waals surface area contributed by atoms with Gasteiger partial charge in [0.15, 0.2) is 0 Å². The number of rotatable bonds is 11. The lowest BCUT2D eigenvalue weighted by atomic mass is 10.1. The van der Waals surface area contributed by atoms with E-state index in [9.17, 15) is 0 Å². The van der Waals surface area contributed by atoms with Crippen LogP contribution in [0.1, 0.15) is 20.8 Å². The number of hydrogen-bond acceptors (Lipinski definition) is 5. The van der Waals surface area contributed by atoms with Gasteiger partial charge in [0.25, 0.3) is 0 Å². The molecule has 0 spiro atoms. The predicted octanol–water partition coefficient (Wildman–Crippen LogP) is -0.898. The van der Waals surface area contributed by atoms with Crippen LogP contribution in [-0.4, -0.2) is 57.9 Å². The third kappa shape index (κ3) is 15.8. The summed E-state index contributed by atoms with van der Waals surface area (Å²) in [7, 11) is 0. The largest absolute Gasteiger partial charge is 0.329 e. The fourth-order valence-corrected chi connectivity index (χ4v) is 1.36. The molecule has 0 aliphatic carbocycles. The Morgan fingerprint density at radius 2 is 1.12 bits per heavy atom. The molecule has 0 amide bonds. The third-order valence-electron chi connectivity index (χ3n) is 2.24. The fourth-order valence-electron chi connectivity index (χ4n) is 1.36. The van der Waals surface area contributed by atoms with Crippen molar-refractivity contribution < 1.29 is 0 Å². The van der Waals surface area contributed by atoms with Crippen LogP contribution in [0.4, 0.5) is 0 Å². The van der Waals surface area contributed by atoms with E-state index in [4.69, 9.17) is 5.73 Å². The van der Waals surface area contributed by atoms with Gasteiger partial charge < -0.3 is 27.0 Å².